The maximum absolute atomic E-state index is 13.2. The number of nitrogens with zero attached hydrogens (tertiary/aromatic N) is 2. The van der Waals surface area contributed by atoms with Gasteiger partial charge in [-0.05, 0) is 199 Å². The van der Waals surface area contributed by atoms with Gasteiger partial charge in [0.15, 0.2) is 46.8 Å². The lowest BCUT2D eigenvalue weighted by molar-refractivity contribution is -0.188. The van der Waals surface area contributed by atoms with Crippen molar-refractivity contribution in [3.63, 3.8) is 0 Å². The van der Waals surface area contributed by atoms with Crippen LogP contribution < -0.4 is 14.2 Å². The van der Waals surface area contributed by atoms with Crippen molar-refractivity contribution in [1.82, 2.24) is 9.80 Å². The number of ketones is 2. The SMILES string of the molecule is CCCCCCCC/C=C/CCCCCCCC(=O)OCI.CCCCCCCC/C=C/CCCCCCOC(=O)OCOc1ccc2c3c1O[C@H]1C(=O)CC[C@@]4(O)C(C2)N(CC2CC2)CC[C@]314.O=C1CC[C@@]2(O)C3Cc4ccc(O)c5c4[C@@]2(CCN3CC2CC2)[C@H]1O5. The highest BCUT2D eigenvalue weighted by molar-refractivity contribution is 14.1. The molecule has 12 rings (SSSR count). The van der Waals surface area contributed by atoms with E-state index in [1.54, 1.807) is 6.07 Å². The van der Waals surface area contributed by atoms with Gasteiger partial charge in [0.25, 0.3) is 0 Å². The molecule has 10 aliphatic rings. The van der Waals surface area contributed by atoms with Crippen molar-refractivity contribution in [2.45, 2.75) is 304 Å². The van der Waals surface area contributed by atoms with E-state index in [-0.39, 0.29) is 42.2 Å². The summed E-state index contributed by atoms with van der Waals surface area (Å²) in [6.07, 6.45) is 48.7. The largest absolute Gasteiger partial charge is 0.511 e. The molecule has 4 bridgehead atoms. The van der Waals surface area contributed by atoms with E-state index in [0.29, 0.717) is 67.0 Å². The number of alkyl halides is 1. The molecule has 516 valence electrons. The molecule has 6 aliphatic carbocycles. The third kappa shape index (κ3) is 16.7. The average Bonchev–Trinajstić information content (AvgIpc) is 1.50. The van der Waals surface area contributed by atoms with Crippen molar-refractivity contribution >= 4 is 46.3 Å². The number of benzene rings is 2. The summed E-state index contributed by atoms with van der Waals surface area (Å²) in [5.41, 5.74) is 0.747. The van der Waals surface area contributed by atoms with Crippen LogP contribution in [-0.2, 0) is 52.3 Å². The zero-order chi connectivity index (χ0) is 65.3. The second-order valence-electron chi connectivity index (χ2n) is 29.1. The van der Waals surface area contributed by atoms with Crippen LogP contribution in [0.4, 0.5) is 4.79 Å². The molecule has 0 radical (unpaired) electrons. The van der Waals surface area contributed by atoms with Gasteiger partial charge >= 0.3 is 12.1 Å². The number of aliphatic hydroxyl groups is 2. The fraction of sp³-hybridized carbons (Fsp3) is 0.740. The smallest absolute Gasteiger partial charge is 0.504 e. The van der Waals surface area contributed by atoms with Gasteiger partial charge in [-0.2, -0.15) is 0 Å². The summed E-state index contributed by atoms with van der Waals surface area (Å²) in [5.74, 6) is 3.08. The van der Waals surface area contributed by atoms with Crippen molar-refractivity contribution in [3.05, 3.63) is 70.8 Å². The number of piperidine rings is 2. The Labute approximate surface area is 569 Å². The zero-order valence-corrected chi connectivity index (χ0v) is 58.8. The van der Waals surface area contributed by atoms with E-state index in [2.05, 4.69) is 70.5 Å². The first kappa shape index (κ1) is 71.5. The summed E-state index contributed by atoms with van der Waals surface area (Å²) in [6, 6.07) is 7.56. The Bertz CT molecular complexity index is 2850. The van der Waals surface area contributed by atoms with Crippen molar-refractivity contribution in [1.29, 1.82) is 0 Å². The predicted molar refractivity (Wildman–Crippen MR) is 371 cm³/mol. The number of phenols is 1. The Kier molecular flexibility index (Phi) is 26.4. The number of carbonyl (C=O) groups excluding carboxylic acids is 4. The fourth-order valence-electron chi connectivity index (χ4n) is 17.4. The van der Waals surface area contributed by atoms with Crippen molar-refractivity contribution < 1.29 is 62.9 Å². The third-order valence-electron chi connectivity index (χ3n) is 22.7. The van der Waals surface area contributed by atoms with Gasteiger partial charge in [0.2, 0.25) is 6.79 Å². The Morgan fingerprint density at radius 2 is 1.02 bits per heavy atom. The lowest BCUT2D eigenvalue weighted by atomic mass is 9.49. The van der Waals surface area contributed by atoms with Crippen LogP contribution in [0.15, 0.2) is 48.6 Å². The number of halogens is 1. The Morgan fingerprint density at radius 3 is 1.52 bits per heavy atom. The van der Waals surface area contributed by atoms with Gasteiger partial charge in [-0.15, -0.1) is 0 Å². The maximum Gasteiger partial charge on any atom is 0.511 e. The number of aromatic hydroxyl groups is 1. The Balaban J connectivity index is 0.000000169. The molecule has 93 heavy (non-hydrogen) atoms. The minimum atomic E-state index is -1.01. The molecule has 2 unspecified atom stereocenters. The van der Waals surface area contributed by atoms with Crippen LogP contribution in [0.3, 0.4) is 0 Å². The first-order chi connectivity index (χ1) is 45.3. The van der Waals surface area contributed by atoms with Crippen LogP contribution in [0.1, 0.15) is 267 Å². The standard InChI is InChI=1S/C38H55NO7.C20H23NO4.C19H35IO2/c1-2-3-4-5-6-7-8-9-10-11-12-13-14-15-24-43-36(41)45-27-44-31-19-18-29-25-32-38(42)21-20-30(40)35-37(38,33(29)34(31)46-35)22-23-39(32)26-28-16-17-28;22-13-4-3-12-9-15-20(24)6-5-14(23)18-19(20,16(12)17(13)25-18)7-8-21(15)10-11-1-2-11;1-2-3-4-5-6-7-8-9-10-11-12-13-14-15-16-17-19(21)22-18-20/h9-10,18-19,28,32,35,42H,2-8,11-17,20-27H2,1H3;3-4,11,15,18,22,24H,1-2,5-10H2;9-10H,2-8,11-18H2,1H3/b10-9+;;10-9+/t32?,35-,37-,38+;15?,18-,19-,20+;/m00./s1. The van der Waals surface area contributed by atoms with Gasteiger partial charge in [0.1, 0.15) is 4.61 Å². The summed E-state index contributed by atoms with van der Waals surface area (Å²) in [5, 5.41) is 34.7. The average molecular weight is 1400 g/mol. The van der Waals surface area contributed by atoms with Gasteiger partial charge in [0.05, 0.1) is 28.6 Å². The summed E-state index contributed by atoms with van der Waals surface area (Å²) in [6.45, 7) is 8.36. The van der Waals surface area contributed by atoms with Crippen LogP contribution in [0, 0.1) is 11.8 Å². The molecule has 3 N–H and O–H groups in total. The third-order valence-corrected chi connectivity index (χ3v) is 23.0. The molecule has 2 spiro atoms. The zero-order valence-electron chi connectivity index (χ0n) is 56.6. The fourth-order valence-corrected chi connectivity index (χ4v) is 17.8. The summed E-state index contributed by atoms with van der Waals surface area (Å²) in [4.78, 5) is 54.3. The normalized spacial score (nSPS) is 27.5. The van der Waals surface area contributed by atoms with Crippen LogP contribution in [0.2, 0.25) is 0 Å². The molecule has 2 aromatic carbocycles. The van der Waals surface area contributed by atoms with E-state index >= 15 is 0 Å². The number of Topliss-reactive ketones (excluding diaryl/α,β-unsaturated/α-hetero) is 2. The molecule has 2 saturated heterocycles. The number of carbonyl (C=O) groups is 4. The number of ether oxygens (including phenoxy) is 6. The minimum absolute atomic E-state index is 0.0130. The number of likely N-dealkylation sites (tertiary alicyclic amines) is 2. The van der Waals surface area contributed by atoms with E-state index < -0.39 is 40.4 Å². The topological polar surface area (TPSA) is 191 Å². The molecule has 6 fully saturated rings. The molecule has 8 atom stereocenters. The van der Waals surface area contributed by atoms with E-state index in [4.69, 9.17) is 28.4 Å². The molecule has 16 heteroatoms. The van der Waals surface area contributed by atoms with Crippen LogP contribution in [-0.4, -0.2) is 128 Å². The number of esters is 1. The molecule has 4 saturated carbocycles. The van der Waals surface area contributed by atoms with Gasteiger partial charge in [-0.25, -0.2) is 4.79 Å². The second kappa shape index (κ2) is 34.3. The van der Waals surface area contributed by atoms with E-state index in [0.717, 1.165) is 124 Å². The van der Waals surface area contributed by atoms with Crippen LogP contribution in [0.5, 0.6) is 23.0 Å². The molecule has 0 aromatic heterocycles. The Hall–Kier alpha value is -4.23. The van der Waals surface area contributed by atoms with Crippen LogP contribution in [0.25, 0.3) is 0 Å². The highest BCUT2D eigenvalue weighted by atomic mass is 127. The molecule has 4 aliphatic heterocycles. The summed E-state index contributed by atoms with van der Waals surface area (Å²) < 4.78 is 34.2. The van der Waals surface area contributed by atoms with Crippen molar-refractivity contribution in [2.24, 2.45) is 11.8 Å². The first-order valence-corrected chi connectivity index (χ1v) is 38.6. The number of hydrogen-bond donors (Lipinski definition) is 3. The molecule has 4 heterocycles. The number of allylic oxidation sites excluding steroid dienone is 4. The second-order valence-corrected chi connectivity index (χ2v) is 29.7. The number of hydrogen-bond acceptors (Lipinski definition) is 15. The van der Waals surface area contributed by atoms with Gasteiger partial charge < -0.3 is 43.7 Å². The number of unbranched alkanes of at least 4 members (excludes halogenated alkanes) is 21. The minimum Gasteiger partial charge on any atom is -0.504 e. The number of phenolic OH excluding ortho intramolecular Hbond substituents is 1. The van der Waals surface area contributed by atoms with Crippen LogP contribution >= 0.6 is 22.6 Å². The summed E-state index contributed by atoms with van der Waals surface area (Å²) in [7, 11) is 0. The Morgan fingerprint density at radius 1 is 0.570 bits per heavy atom. The lowest BCUT2D eigenvalue weighted by Gasteiger charge is -2.62. The molecule has 15 nitrogen and oxygen atoms in total. The molecule has 0 amide bonds. The first-order valence-electron chi connectivity index (χ1n) is 37.1. The molecule has 2 aromatic rings. The number of rotatable bonds is 37. The quantitative estimate of drug-likeness (QED) is 0.0144. The highest BCUT2D eigenvalue weighted by Gasteiger charge is 2.75. The van der Waals surface area contributed by atoms with E-state index in [1.807, 2.05) is 18.2 Å². The van der Waals surface area contributed by atoms with Gasteiger partial charge in [-0.1, -0.05) is 147 Å². The lowest BCUT2D eigenvalue weighted by Crippen LogP contribution is -2.76. The van der Waals surface area contributed by atoms with E-state index in [1.165, 1.54) is 141 Å². The van der Waals surface area contributed by atoms with Gasteiger partial charge in [-0.3, -0.25) is 24.2 Å². The molecular weight excluding hydrogens is 1290 g/mol. The highest BCUT2D eigenvalue weighted by Crippen LogP contribution is 2.67. The van der Waals surface area contributed by atoms with Gasteiger partial charge in [0, 0.05) is 55.6 Å². The molecular formula is C77H113IN2O13. The van der Waals surface area contributed by atoms with E-state index in [9.17, 15) is 34.5 Å². The van der Waals surface area contributed by atoms with Crippen molar-refractivity contribution in [3.8, 4) is 23.0 Å². The predicted octanol–water partition coefficient (Wildman–Crippen LogP) is 16.1. The summed E-state index contributed by atoms with van der Waals surface area (Å²) >= 11 is 2.06. The maximum atomic E-state index is 13.2. The van der Waals surface area contributed by atoms with Crippen molar-refractivity contribution in [2.75, 3.05) is 44.2 Å². The monoisotopic (exact) mass is 1400 g/mol.